The Bertz CT molecular complexity index is 402. The maximum Gasteiger partial charge on any atom is 0.245 e. The number of carbonyl (C=O) groups excluding carboxylic acids is 1. The van der Waals surface area contributed by atoms with Gasteiger partial charge in [-0.2, -0.15) is 0 Å². The number of pyridine rings is 1. The van der Waals surface area contributed by atoms with Crippen molar-refractivity contribution < 1.29 is 4.79 Å². The highest BCUT2D eigenvalue weighted by atomic mass is 35.5. The molecule has 1 aromatic rings. The van der Waals surface area contributed by atoms with Crippen LogP contribution in [-0.4, -0.2) is 16.4 Å². The summed E-state index contributed by atoms with van der Waals surface area (Å²) in [5, 5.41) is 3.06. The zero-order chi connectivity index (χ0) is 11.6. The van der Waals surface area contributed by atoms with Gasteiger partial charge in [-0.1, -0.05) is 30.5 Å². The molecule has 3 N–H and O–H groups in total. The number of carbonyl (C=O) groups is 1. The molecule has 1 fully saturated rings. The Labute approximate surface area is 99.2 Å². The molecular weight excluding hydrogens is 226 g/mol. The molecule has 1 amide bonds. The molecule has 1 aliphatic carbocycles. The van der Waals surface area contributed by atoms with Crippen molar-refractivity contribution in [1.29, 1.82) is 0 Å². The van der Waals surface area contributed by atoms with Crippen LogP contribution >= 0.6 is 11.6 Å². The summed E-state index contributed by atoms with van der Waals surface area (Å²) >= 11 is 5.73. The number of nitrogens with two attached hydrogens (primary N) is 1. The third-order valence-electron chi connectivity index (χ3n) is 2.90. The van der Waals surface area contributed by atoms with Crippen molar-refractivity contribution in [2.45, 2.75) is 31.2 Å². The largest absolute Gasteiger partial charge is 0.317 e. The quantitative estimate of drug-likeness (QED) is 0.775. The van der Waals surface area contributed by atoms with Gasteiger partial charge in [-0.3, -0.25) is 4.79 Å². The minimum atomic E-state index is -0.732. The second-order valence-corrected chi connectivity index (χ2v) is 4.55. The summed E-state index contributed by atoms with van der Waals surface area (Å²) in [5.41, 5.74) is 5.28. The first-order chi connectivity index (χ1) is 7.60. The number of nitrogens with one attached hydrogen (secondary N) is 1. The van der Waals surface area contributed by atoms with Crippen LogP contribution in [0.4, 0.5) is 5.82 Å². The third-order valence-corrected chi connectivity index (χ3v) is 3.12. The van der Waals surface area contributed by atoms with Crippen molar-refractivity contribution in [2.75, 3.05) is 5.32 Å². The Morgan fingerprint density at radius 2 is 2.12 bits per heavy atom. The van der Waals surface area contributed by atoms with Crippen molar-refractivity contribution in [3.63, 3.8) is 0 Å². The highest BCUT2D eigenvalue weighted by molar-refractivity contribution is 6.29. The van der Waals surface area contributed by atoms with Crippen LogP contribution < -0.4 is 11.1 Å². The van der Waals surface area contributed by atoms with E-state index in [1.54, 1.807) is 18.2 Å². The molecule has 1 aromatic heterocycles. The standard InChI is InChI=1S/C11H14ClN3O/c12-8-4-3-5-9(14-8)15-10(16)11(13)6-1-2-7-11/h3-5H,1-2,6-7,13H2,(H,14,15,16). The summed E-state index contributed by atoms with van der Waals surface area (Å²) in [6, 6.07) is 5.09. The number of rotatable bonds is 2. The Kier molecular flexibility index (Phi) is 3.12. The van der Waals surface area contributed by atoms with E-state index >= 15 is 0 Å². The molecule has 0 atom stereocenters. The van der Waals surface area contributed by atoms with E-state index in [1.807, 2.05) is 0 Å². The lowest BCUT2D eigenvalue weighted by Gasteiger charge is -2.21. The topological polar surface area (TPSA) is 68.0 Å². The van der Waals surface area contributed by atoms with Gasteiger partial charge in [0.2, 0.25) is 5.91 Å². The van der Waals surface area contributed by atoms with Gasteiger partial charge in [-0.05, 0) is 25.0 Å². The summed E-state index contributed by atoms with van der Waals surface area (Å²) in [7, 11) is 0. The van der Waals surface area contributed by atoms with E-state index in [0.717, 1.165) is 25.7 Å². The van der Waals surface area contributed by atoms with Crippen molar-refractivity contribution in [1.82, 2.24) is 4.98 Å². The van der Waals surface area contributed by atoms with Gasteiger partial charge in [0.05, 0.1) is 5.54 Å². The van der Waals surface area contributed by atoms with Crippen LogP contribution in [-0.2, 0) is 4.79 Å². The molecule has 1 aliphatic rings. The molecule has 4 nitrogen and oxygen atoms in total. The van der Waals surface area contributed by atoms with Gasteiger partial charge < -0.3 is 11.1 Å². The van der Waals surface area contributed by atoms with E-state index in [4.69, 9.17) is 17.3 Å². The first-order valence-corrected chi connectivity index (χ1v) is 5.71. The Balaban J connectivity index is 2.07. The van der Waals surface area contributed by atoms with E-state index in [0.29, 0.717) is 11.0 Å². The minimum Gasteiger partial charge on any atom is -0.317 e. The van der Waals surface area contributed by atoms with Crippen LogP contribution in [0.2, 0.25) is 5.15 Å². The molecule has 0 saturated heterocycles. The fourth-order valence-electron chi connectivity index (χ4n) is 1.95. The summed E-state index contributed by atoms with van der Waals surface area (Å²) in [5.74, 6) is 0.286. The van der Waals surface area contributed by atoms with Crippen LogP contribution in [0.1, 0.15) is 25.7 Å². The first-order valence-electron chi connectivity index (χ1n) is 5.33. The van der Waals surface area contributed by atoms with Gasteiger partial charge in [0, 0.05) is 0 Å². The number of hydrogen-bond donors (Lipinski definition) is 2. The maximum absolute atomic E-state index is 11.9. The van der Waals surface area contributed by atoms with Gasteiger partial charge in [0.25, 0.3) is 0 Å². The van der Waals surface area contributed by atoms with Gasteiger partial charge in [0.1, 0.15) is 11.0 Å². The van der Waals surface area contributed by atoms with Gasteiger partial charge >= 0.3 is 0 Å². The molecule has 16 heavy (non-hydrogen) atoms. The van der Waals surface area contributed by atoms with E-state index in [9.17, 15) is 4.79 Å². The van der Waals surface area contributed by atoms with Crippen LogP contribution in [0.3, 0.4) is 0 Å². The van der Waals surface area contributed by atoms with E-state index in [1.165, 1.54) is 0 Å². The fourth-order valence-corrected chi connectivity index (χ4v) is 2.12. The van der Waals surface area contributed by atoms with Gasteiger partial charge in [-0.25, -0.2) is 4.98 Å². The molecule has 0 unspecified atom stereocenters. The minimum absolute atomic E-state index is 0.167. The van der Waals surface area contributed by atoms with Gasteiger partial charge in [-0.15, -0.1) is 0 Å². The number of anilines is 1. The first kappa shape index (κ1) is 11.4. The van der Waals surface area contributed by atoms with E-state index in [-0.39, 0.29) is 5.91 Å². The van der Waals surface area contributed by atoms with Crippen LogP contribution in [0.25, 0.3) is 0 Å². The lowest BCUT2D eigenvalue weighted by molar-refractivity contribution is -0.121. The van der Waals surface area contributed by atoms with E-state index in [2.05, 4.69) is 10.3 Å². The lowest BCUT2D eigenvalue weighted by atomic mass is 9.98. The molecule has 5 heteroatoms. The number of nitrogens with zero attached hydrogens (tertiary/aromatic N) is 1. The predicted molar refractivity (Wildman–Crippen MR) is 63.3 cm³/mol. The molecule has 0 bridgehead atoms. The molecular formula is C11H14ClN3O. The summed E-state index contributed by atoms with van der Waals surface area (Å²) in [6.07, 6.45) is 3.48. The predicted octanol–water partition coefficient (Wildman–Crippen LogP) is 1.94. The summed E-state index contributed by atoms with van der Waals surface area (Å²) in [6.45, 7) is 0. The zero-order valence-electron chi connectivity index (χ0n) is 8.87. The molecule has 0 radical (unpaired) electrons. The number of amides is 1. The monoisotopic (exact) mass is 239 g/mol. The number of aromatic nitrogens is 1. The highest BCUT2D eigenvalue weighted by Crippen LogP contribution is 2.28. The van der Waals surface area contributed by atoms with Crippen molar-refractivity contribution in [2.24, 2.45) is 5.73 Å². The molecule has 1 saturated carbocycles. The molecule has 0 aliphatic heterocycles. The number of halogens is 1. The average Bonchev–Trinajstić information content (AvgIpc) is 2.66. The third kappa shape index (κ3) is 2.33. The maximum atomic E-state index is 11.9. The molecule has 86 valence electrons. The van der Waals surface area contributed by atoms with Gasteiger partial charge in [0.15, 0.2) is 0 Å². The van der Waals surface area contributed by atoms with Crippen LogP contribution in [0, 0.1) is 0 Å². The molecule has 1 heterocycles. The SMILES string of the molecule is NC1(C(=O)Nc2cccc(Cl)n2)CCCC1. The second-order valence-electron chi connectivity index (χ2n) is 4.16. The van der Waals surface area contributed by atoms with Crippen molar-refractivity contribution >= 4 is 23.3 Å². The summed E-state index contributed by atoms with van der Waals surface area (Å²) < 4.78 is 0. The molecule has 0 aromatic carbocycles. The Morgan fingerprint density at radius 1 is 1.44 bits per heavy atom. The zero-order valence-corrected chi connectivity index (χ0v) is 9.63. The Hall–Kier alpha value is -1.13. The second kappa shape index (κ2) is 4.39. The lowest BCUT2D eigenvalue weighted by Crippen LogP contribution is -2.48. The average molecular weight is 240 g/mol. The van der Waals surface area contributed by atoms with Crippen molar-refractivity contribution in [3.8, 4) is 0 Å². The molecule has 2 rings (SSSR count). The smallest absolute Gasteiger partial charge is 0.245 e. The van der Waals surface area contributed by atoms with Crippen molar-refractivity contribution in [3.05, 3.63) is 23.4 Å². The normalized spacial score (nSPS) is 18.4. The fraction of sp³-hybridized carbons (Fsp3) is 0.455. The highest BCUT2D eigenvalue weighted by Gasteiger charge is 2.37. The summed E-state index contributed by atoms with van der Waals surface area (Å²) in [4.78, 5) is 15.9. The Morgan fingerprint density at radius 3 is 2.75 bits per heavy atom. The van der Waals surface area contributed by atoms with Crippen LogP contribution in [0.15, 0.2) is 18.2 Å². The molecule has 0 spiro atoms. The number of hydrogen-bond acceptors (Lipinski definition) is 3. The van der Waals surface area contributed by atoms with E-state index < -0.39 is 5.54 Å². The van der Waals surface area contributed by atoms with Crippen LogP contribution in [0.5, 0.6) is 0 Å².